The van der Waals surface area contributed by atoms with E-state index in [4.69, 9.17) is 14.6 Å². The number of benzene rings is 1. The SMILES string of the molecule is CCSCCCNc1ccc(OC)c(OCCO)c1. The Bertz CT molecular complexity index is 361. The Morgan fingerprint density at radius 1 is 1.32 bits per heavy atom. The van der Waals surface area contributed by atoms with Gasteiger partial charge in [0.15, 0.2) is 11.5 Å². The highest BCUT2D eigenvalue weighted by molar-refractivity contribution is 7.99. The van der Waals surface area contributed by atoms with Crippen molar-refractivity contribution < 1.29 is 14.6 Å². The molecule has 0 aliphatic rings. The number of ether oxygens (including phenoxy) is 2. The van der Waals surface area contributed by atoms with E-state index in [9.17, 15) is 0 Å². The number of aliphatic hydroxyl groups is 1. The fraction of sp³-hybridized carbons (Fsp3) is 0.571. The molecule has 0 aliphatic carbocycles. The van der Waals surface area contributed by atoms with Gasteiger partial charge in [0.2, 0.25) is 0 Å². The molecule has 0 fully saturated rings. The van der Waals surface area contributed by atoms with Crippen LogP contribution in [0.1, 0.15) is 13.3 Å². The summed E-state index contributed by atoms with van der Waals surface area (Å²) in [6, 6.07) is 5.74. The summed E-state index contributed by atoms with van der Waals surface area (Å²) < 4.78 is 10.7. The minimum Gasteiger partial charge on any atom is -0.493 e. The Hall–Kier alpha value is -1.07. The molecular weight excluding hydrogens is 262 g/mol. The van der Waals surface area contributed by atoms with Crippen LogP contribution in [0.5, 0.6) is 11.5 Å². The maximum Gasteiger partial charge on any atom is 0.163 e. The predicted octanol–water partition coefficient (Wildman–Crippen LogP) is 2.62. The van der Waals surface area contributed by atoms with Gasteiger partial charge in [-0.2, -0.15) is 11.8 Å². The zero-order valence-corrected chi connectivity index (χ0v) is 12.5. The van der Waals surface area contributed by atoms with Crippen molar-refractivity contribution >= 4 is 17.4 Å². The van der Waals surface area contributed by atoms with E-state index >= 15 is 0 Å². The van der Waals surface area contributed by atoms with Crippen molar-refractivity contribution in [2.24, 2.45) is 0 Å². The molecule has 0 heterocycles. The Labute approximate surface area is 119 Å². The molecule has 0 atom stereocenters. The molecule has 0 bridgehead atoms. The Morgan fingerprint density at radius 2 is 2.16 bits per heavy atom. The first-order valence-corrected chi connectivity index (χ1v) is 7.70. The van der Waals surface area contributed by atoms with Gasteiger partial charge in [-0.3, -0.25) is 0 Å². The maximum atomic E-state index is 8.80. The quantitative estimate of drug-likeness (QED) is 0.647. The number of aliphatic hydroxyl groups excluding tert-OH is 1. The lowest BCUT2D eigenvalue weighted by Gasteiger charge is -2.12. The summed E-state index contributed by atoms with van der Waals surface area (Å²) >= 11 is 1.95. The maximum absolute atomic E-state index is 8.80. The normalized spacial score (nSPS) is 10.3. The summed E-state index contributed by atoms with van der Waals surface area (Å²) in [7, 11) is 1.61. The molecule has 2 N–H and O–H groups in total. The predicted molar refractivity (Wildman–Crippen MR) is 81.7 cm³/mol. The van der Waals surface area contributed by atoms with Crippen LogP contribution in [0.2, 0.25) is 0 Å². The topological polar surface area (TPSA) is 50.7 Å². The van der Waals surface area contributed by atoms with E-state index in [1.807, 2.05) is 30.0 Å². The average Bonchev–Trinajstić information content (AvgIpc) is 2.45. The second kappa shape index (κ2) is 9.81. The van der Waals surface area contributed by atoms with Crippen molar-refractivity contribution in [1.82, 2.24) is 0 Å². The number of nitrogens with one attached hydrogen (secondary N) is 1. The molecule has 0 aliphatic heterocycles. The van der Waals surface area contributed by atoms with Crippen LogP contribution in [0.3, 0.4) is 0 Å². The highest BCUT2D eigenvalue weighted by Crippen LogP contribution is 2.30. The number of anilines is 1. The Balaban J connectivity index is 2.49. The molecule has 0 amide bonds. The standard InChI is InChI=1S/C14H23NO3S/c1-3-19-10-4-7-15-12-5-6-13(17-2)14(11-12)18-9-8-16/h5-6,11,15-16H,3-4,7-10H2,1-2H3. The van der Waals surface area contributed by atoms with Crippen LogP contribution in [0, 0.1) is 0 Å². The van der Waals surface area contributed by atoms with Gasteiger partial charge in [-0.15, -0.1) is 0 Å². The van der Waals surface area contributed by atoms with Crippen LogP contribution in [-0.2, 0) is 0 Å². The number of methoxy groups -OCH3 is 1. The molecule has 0 aromatic heterocycles. The minimum atomic E-state index is -0.00491. The van der Waals surface area contributed by atoms with Crippen LogP contribution < -0.4 is 14.8 Å². The first kappa shape index (κ1) is 16.0. The fourth-order valence-corrected chi connectivity index (χ4v) is 2.24. The molecule has 1 rings (SSSR count). The van der Waals surface area contributed by atoms with Crippen LogP contribution in [0.15, 0.2) is 18.2 Å². The minimum absolute atomic E-state index is 0.00491. The summed E-state index contributed by atoms with van der Waals surface area (Å²) in [4.78, 5) is 0. The van der Waals surface area contributed by atoms with Crippen LogP contribution in [0.25, 0.3) is 0 Å². The first-order valence-electron chi connectivity index (χ1n) is 6.55. The zero-order chi connectivity index (χ0) is 13.9. The highest BCUT2D eigenvalue weighted by Gasteiger charge is 2.05. The molecule has 1 aromatic rings. The first-order chi connectivity index (χ1) is 9.31. The van der Waals surface area contributed by atoms with Crippen molar-refractivity contribution in [2.75, 3.05) is 43.7 Å². The van der Waals surface area contributed by atoms with E-state index in [2.05, 4.69) is 12.2 Å². The van der Waals surface area contributed by atoms with Crippen molar-refractivity contribution in [2.45, 2.75) is 13.3 Å². The highest BCUT2D eigenvalue weighted by atomic mass is 32.2. The number of thioether (sulfide) groups is 1. The lowest BCUT2D eigenvalue weighted by Crippen LogP contribution is -2.05. The molecular formula is C14H23NO3S. The van der Waals surface area contributed by atoms with Gasteiger partial charge in [0.1, 0.15) is 6.61 Å². The van der Waals surface area contributed by atoms with Gasteiger partial charge in [0.05, 0.1) is 13.7 Å². The lowest BCUT2D eigenvalue weighted by molar-refractivity contribution is 0.196. The molecule has 0 unspecified atom stereocenters. The molecule has 108 valence electrons. The third-order valence-electron chi connectivity index (χ3n) is 2.51. The Kier molecular flexibility index (Phi) is 8.25. The number of rotatable bonds is 10. The summed E-state index contributed by atoms with van der Waals surface area (Å²) in [6.45, 7) is 3.38. The summed E-state index contributed by atoms with van der Waals surface area (Å²) in [5.74, 6) is 3.68. The van der Waals surface area contributed by atoms with E-state index in [0.717, 1.165) is 18.7 Å². The van der Waals surface area contributed by atoms with Crippen LogP contribution in [0.4, 0.5) is 5.69 Å². The number of hydrogen-bond donors (Lipinski definition) is 2. The molecule has 0 radical (unpaired) electrons. The van der Waals surface area contributed by atoms with Gasteiger partial charge in [-0.25, -0.2) is 0 Å². The van der Waals surface area contributed by atoms with Gasteiger partial charge in [-0.05, 0) is 30.1 Å². The molecule has 1 aromatic carbocycles. The van der Waals surface area contributed by atoms with E-state index in [-0.39, 0.29) is 13.2 Å². The van der Waals surface area contributed by atoms with Crippen molar-refractivity contribution in [3.63, 3.8) is 0 Å². The van der Waals surface area contributed by atoms with E-state index in [1.165, 1.54) is 11.5 Å². The molecule has 4 nitrogen and oxygen atoms in total. The molecule has 19 heavy (non-hydrogen) atoms. The van der Waals surface area contributed by atoms with Gasteiger partial charge >= 0.3 is 0 Å². The molecule has 5 heteroatoms. The smallest absolute Gasteiger partial charge is 0.163 e. The van der Waals surface area contributed by atoms with E-state index < -0.39 is 0 Å². The number of hydrogen-bond acceptors (Lipinski definition) is 5. The fourth-order valence-electron chi connectivity index (χ4n) is 1.61. The third-order valence-corrected chi connectivity index (χ3v) is 3.50. The van der Waals surface area contributed by atoms with E-state index in [0.29, 0.717) is 11.5 Å². The second-order valence-electron chi connectivity index (χ2n) is 3.91. The second-order valence-corrected chi connectivity index (χ2v) is 5.31. The third kappa shape index (κ3) is 6.07. The van der Waals surface area contributed by atoms with Crippen molar-refractivity contribution in [1.29, 1.82) is 0 Å². The van der Waals surface area contributed by atoms with Crippen molar-refractivity contribution in [3.05, 3.63) is 18.2 Å². The van der Waals surface area contributed by atoms with Gasteiger partial charge in [0, 0.05) is 18.3 Å². The van der Waals surface area contributed by atoms with E-state index in [1.54, 1.807) is 7.11 Å². The Morgan fingerprint density at radius 3 is 2.84 bits per heavy atom. The average molecular weight is 285 g/mol. The summed E-state index contributed by atoms with van der Waals surface area (Å²) in [5, 5.41) is 12.2. The largest absolute Gasteiger partial charge is 0.493 e. The van der Waals surface area contributed by atoms with Crippen LogP contribution >= 0.6 is 11.8 Å². The monoisotopic (exact) mass is 285 g/mol. The van der Waals surface area contributed by atoms with Gasteiger partial charge in [-0.1, -0.05) is 6.92 Å². The molecule has 0 saturated heterocycles. The molecule has 0 saturated carbocycles. The van der Waals surface area contributed by atoms with Gasteiger partial charge in [0.25, 0.3) is 0 Å². The zero-order valence-electron chi connectivity index (χ0n) is 11.6. The summed E-state index contributed by atoms with van der Waals surface area (Å²) in [6.07, 6.45) is 1.14. The van der Waals surface area contributed by atoms with Gasteiger partial charge < -0.3 is 19.9 Å². The molecule has 0 spiro atoms. The summed E-state index contributed by atoms with van der Waals surface area (Å²) in [5.41, 5.74) is 1.01. The lowest BCUT2D eigenvalue weighted by atomic mass is 10.2. The van der Waals surface area contributed by atoms with Crippen LogP contribution in [-0.4, -0.2) is 43.5 Å². The van der Waals surface area contributed by atoms with Crippen molar-refractivity contribution in [3.8, 4) is 11.5 Å².